The van der Waals surface area contributed by atoms with Gasteiger partial charge in [0.2, 0.25) is 5.88 Å². The highest BCUT2D eigenvalue weighted by molar-refractivity contribution is 7.97. The molecule has 2 aliphatic heterocycles. The summed E-state index contributed by atoms with van der Waals surface area (Å²) in [5, 5.41) is 9.80. The molecule has 2 aromatic rings. The second-order valence-electron chi connectivity index (χ2n) is 6.55. The van der Waals surface area contributed by atoms with Crippen molar-refractivity contribution in [1.29, 1.82) is 5.26 Å². The highest BCUT2D eigenvalue weighted by Crippen LogP contribution is 2.52. The summed E-state index contributed by atoms with van der Waals surface area (Å²) in [5.41, 5.74) is 7.77. The lowest BCUT2D eigenvalue weighted by atomic mass is 9.87. The highest BCUT2D eigenvalue weighted by Gasteiger charge is 2.47. The first-order chi connectivity index (χ1) is 14.0. The Hall–Kier alpha value is -3.44. The van der Waals surface area contributed by atoms with Crippen LogP contribution in [0.3, 0.4) is 0 Å². The summed E-state index contributed by atoms with van der Waals surface area (Å²) in [6.45, 7) is 1.99. The van der Waals surface area contributed by atoms with Crippen molar-refractivity contribution in [2.45, 2.75) is 12.8 Å². The molecule has 8 heteroatoms. The minimum Gasteiger partial charge on any atom is -0.496 e. The van der Waals surface area contributed by atoms with Crippen LogP contribution in [-0.2, 0) is 14.8 Å². The number of nitrogens with zero attached hydrogens (tertiary/aromatic N) is 2. The lowest BCUT2D eigenvalue weighted by Gasteiger charge is -2.37. The van der Waals surface area contributed by atoms with E-state index in [1.54, 1.807) is 55.5 Å². The van der Waals surface area contributed by atoms with Crippen LogP contribution >= 0.6 is 0 Å². The van der Waals surface area contributed by atoms with Gasteiger partial charge in [-0.15, -0.1) is 0 Å². The maximum Gasteiger partial charge on any atom is 0.265 e. The van der Waals surface area contributed by atoms with Crippen LogP contribution in [0, 0.1) is 11.3 Å². The van der Waals surface area contributed by atoms with Crippen molar-refractivity contribution in [1.82, 2.24) is 0 Å². The van der Waals surface area contributed by atoms with Gasteiger partial charge in [-0.05, 0) is 25.1 Å². The molecule has 0 aliphatic carbocycles. The Balaban J connectivity index is 2.10. The van der Waals surface area contributed by atoms with Gasteiger partial charge in [-0.1, -0.05) is 30.3 Å². The summed E-state index contributed by atoms with van der Waals surface area (Å²) >= 11 is 0. The van der Waals surface area contributed by atoms with Gasteiger partial charge in [0.25, 0.3) is 10.0 Å². The number of sulfonamides is 1. The molecule has 29 heavy (non-hydrogen) atoms. The Morgan fingerprint density at radius 3 is 2.59 bits per heavy atom. The van der Waals surface area contributed by atoms with Gasteiger partial charge in [-0.3, -0.25) is 4.31 Å². The van der Waals surface area contributed by atoms with Gasteiger partial charge in [-0.25, -0.2) is 8.42 Å². The molecule has 2 heterocycles. The largest absolute Gasteiger partial charge is 0.496 e. The van der Waals surface area contributed by atoms with Crippen molar-refractivity contribution in [2.75, 3.05) is 18.0 Å². The molecular weight excluding hydrogens is 390 g/mol. The van der Waals surface area contributed by atoms with E-state index < -0.39 is 15.9 Å². The SMILES string of the molecule is CCN1c2ccccc2C2=C([C@@H](c3ccccc3OC)C(C#N)=C(N)O2)S1(=O)=O. The van der Waals surface area contributed by atoms with Gasteiger partial charge < -0.3 is 15.2 Å². The zero-order chi connectivity index (χ0) is 20.8. The van der Waals surface area contributed by atoms with E-state index in [-0.39, 0.29) is 28.7 Å². The number of anilines is 1. The van der Waals surface area contributed by atoms with E-state index in [0.29, 0.717) is 22.6 Å². The van der Waals surface area contributed by atoms with Crippen LogP contribution in [0.4, 0.5) is 5.69 Å². The van der Waals surface area contributed by atoms with Gasteiger partial charge in [0.1, 0.15) is 22.3 Å². The Labute approximate surface area is 169 Å². The lowest BCUT2D eigenvalue weighted by Crippen LogP contribution is -2.39. The van der Waals surface area contributed by atoms with Crippen molar-refractivity contribution in [3.05, 3.63) is 76.0 Å². The van der Waals surface area contributed by atoms with Gasteiger partial charge in [0.15, 0.2) is 5.76 Å². The molecule has 1 atom stereocenters. The molecule has 0 radical (unpaired) electrons. The molecule has 0 saturated heterocycles. The average molecular weight is 409 g/mol. The fourth-order valence-corrected chi connectivity index (χ4v) is 5.79. The smallest absolute Gasteiger partial charge is 0.265 e. The van der Waals surface area contributed by atoms with Gasteiger partial charge in [-0.2, -0.15) is 5.26 Å². The predicted octanol–water partition coefficient (Wildman–Crippen LogP) is 3.04. The number of benzene rings is 2. The predicted molar refractivity (Wildman–Crippen MR) is 109 cm³/mol. The number of para-hydroxylation sites is 2. The van der Waals surface area contributed by atoms with Gasteiger partial charge >= 0.3 is 0 Å². The van der Waals surface area contributed by atoms with Gasteiger partial charge in [0.05, 0.1) is 18.7 Å². The third kappa shape index (κ3) is 2.66. The molecule has 2 aromatic carbocycles. The lowest BCUT2D eigenvalue weighted by molar-refractivity contribution is 0.355. The molecular formula is C21H19N3O4S. The number of fused-ring (bicyclic) bond motifs is 2. The number of nitrogens with two attached hydrogens (primary N) is 1. The van der Waals surface area contributed by atoms with Crippen molar-refractivity contribution in [2.24, 2.45) is 5.73 Å². The first kappa shape index (κ1) is 18.9. The number of rotatable bonds is 3. The zero-order valence-corrected chi connectivity index (χ0v) is 16.7. The number of hydrogen-bond donors (Lipinski definition) is 1. The Morgan fingerprint density at radius 1 is 1.21 bits per heavy atom. The number of nitriles is 1. The molecule has 148 valence electrons. The standard InChI is InChI=1S/C21H19N3O4S/c1-3-24-16-10-6-4-8-13(16)19-20(29(24,25)26)18(15(12-22)21(23)28-19)14-9-5-7-11-17(14)27-2/h4-11,18H,3,23H2,1-2H3/t18-/m0/s1. The summed E-state index contributed by atoms with van der Waals surface area (Å²) in [5.74, 6) is -0.439. The van der Waals surface area contributed by atoms with Crippen LogP contribution in [0.1, 0.15) is 24.0 Å². The minimum absolute atomic E-state index is 0.00620. The van der Waals surface area contributed by atoms with E-state index in [4.69, 9.17) is 15.2 Å². The maximum atomic E-state index is 13.7. The normalized spacial score (nSPS) is 19.8. The zero-order valence-electron chi connectivity index (χ0n) is 15.9. The quantitative estimate of drug-likeness (QED) is 0.835. The van der Waals surface area contributed by atoms with Crippen LogP contribution in [0.25, 0.3) is 5.76 Å². The first-order valence-electron chi connectivity index (χ1n) is 9.02. The molecule has 0 fully saturated rings. The molecule has 0 unspecified atom stereocenters. The summed E-state index contributed by atoms with van der Waals surface area (Å²) < 4.78 is 39.9. The molecule has 0 amide bonds. The number of methoxy groups -OCH3 is 1. The molecule has 0 bridgehead atoms. The number of allylic oxidation sites excluding steroid dienone is 2. The fraction of sp³-hybridized carbons (Fsp3) is 0.190. The maximum absolute atomic E-state index is 13.7. The number of hydrogen-bond acceptors (Lipinski definition) is 6. The molecule has 2 N–H and O–H groups in total. The molecule has 0 saturated carbocycles. The summed E-state index contributed by atoms with van der Waals surface area (Å²) in [6, 6.07) is 16.1. The van der Waals surface area contributed by atoms with Gasteiger partial charge in [0, 0.05) is 17.7 Å². The van der Waals surface area contributed by atoms with Crippen LogP contribution in [-0.4, -0.2) is 22.1 Å². The molecule has 0 aromatic heterocycles. The second kappa shape index (κ2) is 6.87. The third-order valence-electron chi connectivity index (χ3n) is 5.10. The van der Waals surface area contributed by atoms with E-state index in [9.17, 15) is 13.7 Å². The fourth-order valence-electron chi connectivity index (χ4n) is 3.87. The minimum atomic E-state index is -3.99. The van der Waals surface area contributed by atoms with E-state index in [1.165, 1.54) is 11.4 Å². The van der Waals surface area contributed by atoms with Crippen LogP contribution in [0.2, 0.25) is 0 Å². The highest BCUT2D eigenvalue weighted by atomic mass is 32.2. The monoisotopic (exact) mass is 409 g/mol. The summed E-state index contributed by atoms with van der Waals surface area (Å²) in [4.78, 5) is -0.00620. The molecule has 7 nitrogen and oxygen atoms in total. The van der Waals surface area contributed by atoms with Crippen LogP contribution in [0.5, 0.6) is 5.75 Å². The van der Waals surface area contributed by atoms with Crippen molar-refractivity contribution in [3.63, 3.8) is 0 Å². The van der Waals surface area contributed by atoms with Crippen LogP contribution in [0.15, 0.2) is 64.9 Å². The summed E-state index contributed by atoms with van der Waals surface area (Å²) in [6.07, 6.45) is 0. The van der Waals surface area contributed by atoms with E-state index >= 15 is 0 Å². The van der Waals surface area contributed by atoms with Crippen molar-refractivity contribution < 1.29 is 17.9 Å². The van der Waals surface area contributed by atoms with Crippen LogP contribution < -0.4 is 14.8 Å². The topological polar surface area (TPSA) is 106 Å². The molecule has 0 spiro atoms. The molecule has 4 rings (SSSR count). The average Bonchev–Trinajstić information content (AvgIpc) is 2.73. The van der Waals surface area contributed by atoms with Crippen molar-refractivity contribution >= 4 is 21.5 Å². The molecule has 2 aliphatic rings. The first-order valence-corrected chi connectivity index (χ1v) is 10.5. The Morgan fingerprint density at radius 2 is 1.90 bits per heavy atom. The van der Waals surface area contributed by atoms with E-state index in [1.807, 2.05) is 6.07 Å². The third-order valence-corrected chi connectivity index (χ3v) is 7.11. The number of ether oxygens (including phenoxy) is 2. The summed E-state index contributed by atoms with van der Waals surface area (Å²) in [7, 11) is -2.49. The Kier molecular flexibility index (Phi) is 4.47. The van der Waals surface area contributed by atoms with Crippen molar-refractivity contribution in [3.8, 4) is 11.8 Å². The Bertz CT molecular complexity index is 1210. The second-order valence-corrected chi connectivity index (χ2v) is 8.38. The van der Waals surface area contributed by atoms with E-state index in [0.717, 1.165) is 0 Å². The van der Waals surface area contributed by atoms with E-state index in [2.05, 4.69) is 0 Å².